The fourth-order valence-electron chi connectivity index (χ4n) is 3.41. The minimum absolute atomic E-state index is 0.0280. The second-order valence-corrected chi connectivity index (χ2v) is 7.14. The molecule has 162 valence electrons. The first-order valence-electron chi connectivity index (χ1n) is 9.58. The second kappa shape index (κ2) is 8.30. The van der Waals surface area contributed by atoms with Crippen LogP contribution in [0.25, 0.3) is 5.57 Å². The van der Waals surface area contributed by atoms with Crippen LogP contribution in [0, 0.1) is 5.82 Å². The lowest BCUT2D eigenvalue weighted by atomic mass is 10.0. The average Bonchev–Trinajstić information content (AvgIpc) is 3.00. The van der Waals surface area contributed by atoms with Crippen LogP contribution in [0.5, 0.6) is 0 Å². The number of imide groups is 1. The van der Waals surface area contributed by atoms with Crippen LogP contribution in [0.3, 0.4) is 0 Å². The second-order valence-electron chi connectivity index (χ2n) is 7.14. The molecule has 0 bridgehead atoms. The lowest BCUT2D eigenvalue weighted by Crippen LogP contribution is -2.32. The quantitative estimate of drug-likeness (QED) is 0.436. The Hall–Kier alpha value is -3.94. The van der Waals surface area contributed by atoms with Crippen LogP contribution in [0.2, 0.25) is 0 Å². The minimum Gasteiger partial charge on any atom is -0.350 e. The molecule has 3 aromatic rings. The van der Waals surface area contributed by atoms with Gasteiger partial charge in [-0.05, 0) is 47.5 Å². The summed E-state index contributed by atoms with van der Waals surface area (Å²) in [4.78, 5) is 27.2. The summed E-state index contributed by atoms with van der Waals surface area (Å²) in [7, 11) is 0. The molecule has 0 radical (unpaired) electrons. The number of nitrogens with one attached hydrogen (secondary N) is 1. The molecule has 2 amide bonds. The van der Waals surface area contributed by atoms with Crippen molar-refractivity contribution in [2.75, 3.05) is 5.32 Å². The Labute approximate surface area is 180 Å². The summed E-state index contributed by atoms with van der Waals surface area (Å²) in [5, 5.41) is 2.87. The maximum absolute atomic E-state index is 13.3. The van der Waals surface area contributed by atoms with Crippen LogP contribution in [0.4, 0.5) is 23.2 Å². The number of hydrogen-bond donors (Lipinski definition) is 1. The molecule has 1 aliphatic rings. The van der Waals surface area contributed by atoms with Crippen molar-refractivity contribution in [3.05, 3.63) is 107 Å². The van der Waals surface area contributed by atoms with Crippen LogP contribution in [0.15, 0.2) is 84.6 Å². The third kappa shape index (κ3) is 4.25. The van der Waals surface area contributed by atoms with Gasteiger partial charge >= 0.3 is 6.18 Å². The maximum atomic E-state index is 13.3. The number of halogens is 4. The molecular weight excluding hydrogens is 424 g/mol. The molecule has 0 saturated heterocycles. The molecule has 0 unspecified atom stereocenters. The Balaban J connectivity index is 1.70. The number of hydrogen-bond acceptors (Lipinski definition) is 3. The summed E-state index contributed by atoms with van der Waals surface area (Å²) in [5.41, 5.74) is 0.220. The fraction of sp³-hybridized carbons (Fsp3) is 0.0833. The van der Waals surface area contributed by atoms with Gasteiger partial charge in [-0.1, -0.05) is 42.5 Å². The first-order valence-corrected chi connectivity index (χ1v) is 9.58. The first kappa shape index (κ1) is 21.3. The molecule has 4 rings (SSSR count). The Bertz CT molecular complexity index is 1200. The van der Waals surface area contributed by atoms with Gasteiger partial charge in [0.05, 0.1) is 17.7 Å². The zero-order chi connectivity index (χ0) is 22.9. The first-order chi connectivity index (χ1) is 15.2. The number of alkyl halides is 3. The predicted octanol–water partition coefficient (Wildman–Crippen LogP) is 5.24. The van der Waals surface area contributed by atoms with E-state index in [1.165, 1.54) is 36.4 Å². The number of rotatable bonds is 5. The summed E-state index contributed by atoms with van der Waals surface area (Å²) < 4.78 is 52.4. The highest BCUT2D eigenvalue weighted by Gasteiger charge is 2.39. The van der Waals surface area contributed by atoms with Gasteiger partial charge in [0.25, 0.3) is 11.8 Å². The van der Waals surface area contributed by atoms with Gasteiger partial charge in [0.2, 0.25) is 0 Å². The summed E-state index contributed by atoms with van der Waals surface area (Å²) in [5.74, 6) is -1.79. The topological polar surface area (TPSA) is 49.4 Å². The average molecular weight is 440 g/mol. The Morgan fingerprint density at radius 3 is 2.16 bits per heavy atom. The van der Waals surface area contributed by atoms with Crippen molar-refractivity contribution in [2.45, 2.75) is 12.7 Å². The van der Waals surface area contributed by atoms with E-state index in [1.54, 1.807) is 30.3 Å². The predicted molar refractivity (Wildman–Crippen MR) is 110 cm³/mol. The third-order valence-electron chi connectivity index (χ3n) is 4.94. The normalized spacial score (nSPS) is 14.3. The van der Waals surface area contributed by atoms with Gasteiger partial charge in [-0.25, -0.2) is 4.39 Å². The zero-order valence-corrected chi connectivity index (χ0v) is 16.5. The molecular formula is C24H16F4N2O2. The Morgan fingerprint density at radius 1 is 0.812 bits per heavy atom. The molecule has 0 spiro atoms. The number of benzene rings is 3. The summed E-state index contributed by atoms with van der Waals surface area (Å²) >= 11 is 0. The largest absolute Gasteiger partial charge is 0.416 e. The lowest BCUT2D eigenvalue weighted by Gasteiger charge is -2.16. The van der Waals surface area contributed by atoms with E-state index in [0.29, 0.717) is 11.3 Å². The third-order valence-corrected chi connectivity index (χ3v) is 4.94. The van der Waals surface area contributed by atoms with E-state index in [-0.39, 0.29) is 23.4 Å². The highest BCUT2D eigenvalue weighted by molar-refractivity contribution is 6.36. The van der Waals surface area contributed by atoms with E-state index in [4.69, 9.17) is 0 Å². The van der Waals surface area contributed by atoms with E-state index in [0.717, 1.165) is 17.0 Å². The van der Waals surface area contributed by atoms with Crippen LogP contribution in [-0.4, -0.2) is 16.7 Å². The standard InChI is InChI=1S/C24H16F4N2O2/c25-18-9-11-19(12-10-18)29-21-20(16-6-2-1-3-7-16)22(31)30(23(21)32)14-15-5-4-8-17(13-15)24(26,27)28/h1-13,29H,14H2. The van der Waals surface area contributed by atoms with Crippen LogP contribution in [0.1, 0.15) is 16.7 Å². The fourth-order valence-corrected chi connectivity index (χ4v) is 3.41. The Kier molecular flexibility index (Phi) is 5.52. The van der Waals surface area contributed by atoms with Crippen LogP contribution < -0.4 is 5.32 Å². The lowest BCUT2D eigenvalue weighted by molar-refractivity contribution is -0.137. The van der Waals surface area contributed by atoms with Crippen LogP contribution in [-0.2, 0) is 22.3 Å². The molecule has 0 fully saturated rings. The minimum atomic E-state index is -4.54. The van der Waals surface area contributed by atoms with Gasteiger partial charge in [0, 0.05) is 5.69 Å². The Morgan fingerprint density at radius 2 is 1.50 bits per heavy atom. The van der Waals surface area contributed by atoms with E-state index in [9.17, 15) is 27.2 Å². The van der Waals surface area contributed by atoms with Gasteiger partial charge in [0.15, 0.2) is 0 Å². The maximum Gasteiger partial charge on any atom is 0.416 e. The molecule has 0 aromatic heterocycles. The van der Waals surface area contributed by atoms with Gasteiger partial charge < -0.3 is 5.32 Å². The smallest absolute Gasteiger partial charge is 0.350 e. The van der Waals surface area contributed by atoms with Crippen molar-refractivity contribution in [3.63, 3.8) is 0 Å². The molecule has 3 aromatic carbocycles. The van der Waals surface area contributed by atoms with Gasteiger partial charge in [-0.15, -0.1) is 0 Å². The van der Waals surface area contributed by atoms with Gasteiger partial charge in [-0.2, -0.15) is 13.2 Å². The van der Waals surface area contributed by atoms with E-state index in [2.05, 4.69) is 5.32 Å². The number of nitrogens with zero attached hydrogens (tertiary/aromatic N) is 1. The SMILES string of the molecule is O=C1C(Nc2ccc(F)cc2)=C(c2ccccc2)C(=O)N1Cc1cccc(C(F)(F)F)c1. The number of anilines is 1. The molecule has 0 saturated carbocycles. The molecule has 8 heteroatoms. The van der Waals surface area contributed by atoms with Crippen molar-refractivity contribution in [2.24, 2.45) is 0 Å². The number of carbonyl (C=O) groups is 2. The zero-order valence-electron chi connectivity index (χ0n) is 16.5. The highest BCUT2D eigenvalue weighted by atomic mass is 19.4. The van der Waals surface area contributed by atoms with Gasteiger partial charge in [0.1, 0.15) is 11.5 Å². The molecule has 32 heavy (non-hydrogen) atoms. The van der Waals surface area contributed by atoms with E-state index in [1.807, 2.05) is 0 Å². The van der Waals surface area contributed by atoms with E-state index < -0.39 is 29.4 Å². The number of amides is 2. The molecule has 1 heterocycles. The van der Waals surface area contributed by atoms with Crippen molar-refractivity contribution >= 4 is 23.1 Å². The van der Waals surface area contributed by atoms with Gasteiger partial charge in [-0.3, -0.25) is 14.5 Å². The van der Waals surface area contributed by atoms with Crippen molar-refractivity contribution in [1.82, 2.24) is 4.90 Å². The summed E-state index contributed by atoms with van der Waals surface area (Å²) in [6, 6.07) is 18.2. The molecule has 4 nitrogen and oxygen atoms in total. The van der Waals surface area contributed by atoms with E-state index >= 15 is 0 Å². The van der Waals surface area contributed by atoms with Crippen molar-refractivity contribution < 1.29 is 27.2 Å². The number of carbonyl (C=O) groups excluding carboxylic acids is 2. The van der Waals surface area contributed by atoms with Crippen molar-refractivity contribution in [3.8, 4) is 0 Å². The highest BCUT2D eigenvalue weighted by Crippen LogP contribution is 2.33. The summed E-state index contributed by atoms with van der Waals surface area (Å²) in [6.45, 7) is -0.327. The molecule has 1 N–H and O–H groups in total. The summed E-state index contributed by atoms with van der Waals surface area (Å²) in [6.07, 6.45) is -4.54. The molecule has 0 aliphatic carbocycles. The van der Waals surface area contributed by atoms with Crippen LogP contribution >= 0.6 is 0 Å². The molecule has 1 aliphatic heterocycles. The van der Waals surface area contributed by atoms with Crippen molar-refractivity contribution in [1.29, 1.82) is 0 Å². The monoisotopic (exact) mass is 440 g/mol. The molecule has 0 atom stereocenters.